The number of anilines is 1. The second-order valence-electron chi connectivity index (χ2n) is 16.4. The maximum atomic E-state index is 13.6. The molecule has 68 heavy (non-hydrogen) atoms. The van der Waals surface area contributed by atoms with Crippen LogP contribution in [0.4, 0.5) is 10.6 Å². The van der Waals surface area contributed by atoms with E-state index in [4.69, 9.17) is 34.0 Å². The van der Waals surface area contributed by atoms with Crippen molar-refractivity contribution in [3.05, 3.63) is 107 Å². The van der Waals surface area contributed by atoms with Crippen molar-refractivity contribution < 1.29 is 57.8 Å². The Morgan fingerprint density at radius 2 is 1.54 bits per heavy atom. The number of nitrogens with one attached hydrogen (secondary N) is 2. The number of amides is 3. The predicted octanol–water partition coefficient (Wildman–Crippen LogP) is 6.86. The van der Waals surface area contributed by atoms with Crippen molar-refractivity contribution in [3.8, 4) is 5.75 Å². The molecule has 3 amide bonds. The lowest BCUT2D eigenvalue weighted by Crippen LogP contribution is -2.54. The van der Waals surface area contributed by atoms with E-state index in [-0.39, 0.29) is 31.5 Å². The Hall–Kier alpha value is -6.34. The molecular formula is C49H67N7O12. The van der Waals surface area contributed by atoms with Gasteiger partial charge in [0, 0.05) is 36.0 Å². The third-order valence-electron chi connectivity index (χ3n) is 9.78. The molecule has 0 aliphatic carbocycles. The molecule has 2 aromatic carbocycles. The fraction of sp³-hybridized carbons (Fsp3) is 0.490. The van der Waals surface area contributed by atoms with E-state index < -0.39 is 54.1 Å². The van der Waals surface area contributed by atoms with Crippen LogP contribution in [0.2, 0.25) is 0 Å². The number of aliphatic carboxylic acids is 1. The molecule has 1 aromatic heterocycles. The number of rotatable bonds is 31. The van der Waals surface area contributed by atoms with Crippen LogP contribution in [0.15, 0.2) is 90.2 Å². The van der Waals surface area contributed by atoms with Crippen LogP contribution in [0, 0.1) is 6.92 Å². The predicted molar refractivity (Wildman–Crippen MR) is 258 cm³/mol. The average Bonchev–Trinajstić information content (AvgIpc) is 3.28. The third-order valence-corrected chi connectivity index (χ3v) is 9.78. The topological polar surface area (TPSA) is 253 Å². The molecule has 0 saturated heterocycles. The Labute approximate surface area is 398 Å². The number of carboxylic acids is 1. The number of carbonyl (C=O) groups is 4. The number of pyridine rings is 1. The maximum absolute atomic E-state index is 13.6. The van der Waals surface area contributed by atoms with Gasteiger partial charge in [-0.1, -0.05) is 60.3 Å². The molecule has 19 nitrogen and oxygen atoms in total. The molecule has 1 heterocycles. The smallest absolute Gasteiger partial charge is 0.416 e. The molecule has 0 saturated carbocycles. The van der Waals surface area contributed by atoms with E-state index in [1.807, 2.05) is 56.3 Å². The normalized spacial score (nSPS) is 13.0. The number of aliphatic hydroxyl groups excluding tert-OH is 1. The summed E-state index contributed by atoms with van der Waals surface area (Å²) >= 11 is 0. The van der Waals surface area contributed by atoms with Gasteiger partial charge in [-0.2, -0.15) is 0 Å². The molecule has 4 N–H and O–H groups in total. The SMILES string of the molecule is C=C(/C=C\C(=C/C)c1ccc(OCCOCCOCCOCCOCCN=[N+]=[N-])c2ccccc12)[C@H](CC(=O)O)NC(=O)[C@@H](NC(=O)CCCN(C(=O)OC(C)(C)C)c1cc(C)ccn1)[C@@H](C)O. The number of azide groups is 1. The minimum absolute atomic E-state index is 0.0770. The number of fused-ring (bicyclic) bond motifs is 1. The number of ether oxygens (including phenoxy) is 6. The zero-order valence-corrected chi connectivity index (χ0v) is 40.0. The molecule has 0 unspecified atom stereocenters. The highest BCUT2D eigenvalue weighted by Crippen LogP contribution is 2.33. The van der Waals surface area contributed by atoms with E-state index in [0.717, 1.165) is 27.5 Å². The Kier molecular flexibility index (Phi) is 24.8. The van der Waals surface area contributed by atoms with E-state index in [9.17, 15) is 29.4 Å². The summed E-state index contributed by atoms with van der Waals surface area (Å²) in [7, 11) is 0. The van der Waals surface area contributed by atoms with Gasteiger partial charge in [0.25, 0.3) is 0 Å². The van der Waals surface area contributed by atoms with Gasteiger partial charge in [0.1, 0.15) is 29.8 Å². The minimum atomic E-state index is -1.42. The zero-order valence-electron chi connectivity index (χ0n) is 40.0. The maximum Gasteiger partial charge on any atom is 0.416 e. The van der Waals surface area contributed by atoms with Gasteiger partial charge in [0.05, 0.1) is 71.4 Å². The highest BCUT2D eigenvalue weighted by Gasteiger charge is 2.30. The fourth-order valence-electron chi connectivity index (χ4n) is 6.47. The first-order valence-electron chi connectivity index (χ1n) is 22.5. The Morgan fingerprint density at radius 1 is 0.912 bits per heavy atom. The van der Waals surface area contributed by atoms with E-state index in [2.05, 4.69) is 32.2 Å². The van der Waals surface area contributed by atoms with Gasteiger partial charge < -0.3 is 49.3 Å². The second-order valence-corrected chi connectivity index (χ2v) is 16.4. The van der Waals surface area contributed by atoms with Crippen molar-refractivity contribution >= 4 is 46.0 Å². The lowest BCUT2D eigenvalue weighted by molar-refractivity contribution is -0.138. The molecule has 3 aromatic rings. The molecule has 0 aliphatic rings. The standard InChI is InChI=1S/C49H67N7O12/c1-8-37(38-17-18-42(40-13-10-9-12-39(38)40)67-31-30-66-29-28-65-27-26-64-25-24-63-23-21-52-55-50)16-15-35(3)41(33-45(59)60)53-47(61)46(36(4)57)54-44(58)14-11-22-56(48(62)68-49(5,6)7)43-32-34(2)19-20-51-43/h8-10,12-13,15-20,32,36,41,46,57H,3,11,14,21-31,33H2,1-2,4-7H3,(H,53,61)(H,54,58)(H,59,60)/b16-15-,37-8+/t36-,41+,46+/m1/s1. The molecule has 370 valence electrons. The van der Waals surface area contributed by atoms with Crippen LogP contribution in [-0.4, -0.2) is 135 Å². The van der Waals surface area contributed by atoms with Crippen molar-refractivity contribution in [3.63, 3.8) is 0 Å². The van der Waals surface area contributed by atoms with Crippen molar-refractivity contribution in [2.24, 2.45) is 5.11 Å². The van der Waals surface area contributed by atoms with Crippen LogP contribution in [0.1, 0.15) is 65.0 Å². The highest BCUT2D eigenvalue weighted by atomic mass is 16.6. The van der Waals surface area contributed by atoms with Crippen LogP contribution in [0.25, 0.3) is 26.8 Å². The Morgan fingerprint density at radius 3 is 2.13 bits per heavy atom. The number of hydrogen-bond donors (Lipinski definition) is 4. The molecule has 19 heteroatoms. The number of aryl methyl sites for hydroxylation is 1. The van der Waals surface area contributed by atoms with Crippen LogP contribution < -0.4 is 20.3 Å². The van der Waals surface area contributed by atoms with Crippen molar-refractivity contribution in [1.29, 1.82) is 0 Å². The van der Waals surface area contributed by atoms with E-state index in [1.54, 1.807) is 51.3 Å². The first-order chi connectivity index (χ1) is 32.5. The van der Waals surface area contributed by atoms with Crippen molar-refractivity contribution in [1.82, 2.24) is 15.6 Å². The highest BCUT2D eigenvalue weighted by molar-refractivity contribution is 5.99. The van der Waals surface area contributed by atoms with Gasteiger partial charge in [-0.25, -0.2) is 9.78 Å². The number of allylic oxidation sites excluding steroid dienone is 3. The Balaban J connectivity index is 1.56. The number of aliphatic hydroxyl groups is 1. The number of hydrogen-bond acceptors (Lipinski definition) is 13. The summed E-state index contributed by atoms with van der Waals surface area (Å²) in [5.41, 5.74) is 10.3. The summed E-state index contributed by atoms with van der Waals surface area (Å²) in [4.78, 5) is 60.1. The lowest BCUT2D eigenvalue weighted by Gasteiger charge is -2.27. The monoisotopic (exact) mass is 945 g/mol. The molecule has 3 rings (SSSR count). The second kappa shape index (κ2) is 30.1. The van der Waals surface area contributed by atoms with E-state index in [1.165, 1.54) is 11.8 Å². The summed E-state index contributed by atoms with van der Waals surface area (Å²) < 4.78 is 33.6. The van der Waals surface area contributed by atoms with Gasteiger partial charge in [-0.15, -0.1) is 0 Å². The van der Waals surface area contributed by atoms with Crippen molar-refractivity contribution in [2.75, 3.05) is 77.5 Å². The van der Waals surface area contributed by atoms with Gasteiger partial charge >= 0.3 is 12.1 Å². The largest absolute Gasteiger partial charge is 0.491 e. The quantitative estimate of drug-likeness (QED) is 0.0169. The summed E-state index contributed by atoms with van der Waals surface area (Å²) in [6.07, 6.45) is 4.42. The van der Waals surface area contributed by atoms with Gasteiger partial charge in [0.15, 0.2) is 0 Å². The molecule has 0 fully saturated rings. The minimum Gasteiger partial charge on any atom is -0.491 e. The molecule has 0 bridgehead atoms. The lowest BCUT2D eigenvalue weighted by atomic mass is 9.95. The summed E-state index contributed by atoms with van der Waals surface area (Å²) in [5, 5.41) is 30.7. The third kappa shape index (κ3) is 20.7. The molecule has 3 atom stereocenters. The molecule has 0 radical (unpaired) electrons. The molecule has 0 spiro atoms. The number of carboxylic acid groups (broad SMARTS) is 1. The van der Waals surface area contributed by atoms with E-state index in [0.29, 0.717) is 71.0 Å². The van der Waals surface area contributed by atoms with Crippen LogP contribution >= 0.6 is 0 Å². The van der Waals surface area contributed by atoms with Gasteiger partial charge in [-0.3, -0.25) is 19.3 Å². The number of benzene rings is 2. The first kappa shape index (κ1) is 56.0. The first-order valence-corrected chi connectivity index (χ1v) is 22.5. The number of aromatic nitrogens is 1. The number of nitrogens with zero attached hydrogens (tertiary/aromatic N) is 5. The fourth-order valence-corrected chi connectivity index (χ4v) is 6.47. The summed E-state index contributed by atoms with van der Waals surface area (Å²) in [6.45, 7) is 18.2. The van der Waals surface area contributed by atoms with Crippen molar-refractivity contribution in [2.45, 2.75) is 84.6 Å². The Bertz CT molecular complexity index is 2220. The van der Waals surface area contributed by atoms with Gasteiger partial charge in [-0.05, 0) is 99.4 Å². The van der Waals surface area contributed by atoms with Gasteiger partial charge in [0.2, 0.25) is 11.8 Å². The zero-order chi connectivity index (χ0) is 49.9. The average molecular weight is 946 g/mol. The van der Waals surface area contributed by atoms with Crippen LogP contribution in [0.5, 0.6) is 5.75 Å². The van der Waals surface area contributed by atoms with Crippen LogP contribution in [0.3, 0.4) is 0 Å². The summed E-state index contributed by atoms with van der Waals surface area (Å²) in [6, 6.07) is 12.5. The number of carbonyl (C=O) groups excluding carboxylic acids is 3. The molecule has 0 aliphatic heterocycles. The van der Waals surface area contributed by atoms with E-state index >= 15 is 0 Å². The van der Waals surface area contributed by atoms with Crippen LogP contribution in [-0.2, 0) is 38.1 Å². The molecular weight excluding hydrogens is 879 g/mol. The summed E-state index contributed by atoms with van der Waals surface area (Å²) in [5.74, 6) is -1.56.